The lowest BCUT2D eigenvalue weighted by Gasteiger charge is -2.12. The van der Waals surface area contributed by atoms with Gasteiger partial charge in [-0.25, -0.2) is 9.59 Å². The molecule has 1 N–H and O–H groups in total. The van der Waals surface area contributed by atoms with E-state index in [4.69, 9.17) is 44.0 Å². The number of rotatable bonds is 8. The third-order valence-corrected chi connectivity index (χ3v) is 6.21. The van der Waals surface area contributed by atoms with Gasteiger partial charge < -0.3 is 19.2 Å². The highest BCUT2D eigenvalue weighted by Gasteiger charge is 2.35. The third kappa shape index (κ3) is 5.75. The van der Waals surface area contributed by atoms with Gasteiger partial charge in [-0.2, -0.15) is 0 Å². The first kappa shape index (κ1) is 27.0. The number of imide groups is 1. The first-order valence-corrected chi connectivity index (χ1v) is 11.8. The van der Waals surface area contributed by atoms with E-state index in [1.807, 2.05) is 0 Å². The van der Waals surface area contributed by atoms with Gasteiger partial charge in [0.05, 0.1) is 28.6 Å². The number of nitro benzene ring substituents is 1. The summed E-state index contributed by atoms with van der Waals surface area (Å²) < 4.78 is 15.6. The number of nitrogens with zero attached hydrogens (tertiary/aromatic N) is 2. The molecule has 2 aromatic carbocycles. The van der Waals surface area contributed by atoms with Crippen LogP contribution in [0, 0.1) is 10.1 Å². The van der Waals surface area contributed by atoms with E-state index < -0.39 is 28.5 Å². The maximum absolute atomic E-state index is 13.0. The second-order valence-electron chi connectivity index (χ2n) is 7.77. The van der Waals surface area contributed by atoms with Gasteiger partial charge in [0.25, 0.3) is 5.91 Å². The van der Waals surface area contributed by atoms with Crippen molar-refractivity contribution in [2.24, 2.45) is 0 Å². The molecule has 14 heteroatoms. The van der Waals surface area contributed by atoms with Crippen LogP contribution in [0.3, 0.4) is 0 Å². The SMILES string of the molecule is COC(=O)c1ccc(CN2C(=O)N/C(=C\c3cc(Cl)cc([N+](=O)[O-])c3OCc3ccc(Cl)c(Cl)c3)C2=O)o1. The molecule has 0 radical (unpaired) electrons. The molecule has 38 heavy (non-hydrogen) atoms. The Kier molecular flexibility index (Phi) is 7.91. The Labute approximate surface area is 229 Å². The van der Waals surface area contributed by atoms with Crippen molar-refractivity contribution in [2.75, 3.05) is 7.11 Å². The average Bonchev–Trinajstić information content (AvgIpc) is 3.45. The molecule has 1 aliphatic rings. The molecule has 0 saturated carbocycles. The molecule has 1 fully saturated rings. The quantitative estimate of drug-likeness (QED) is 0.119. The smallest absolute Gasteiger partial charge is 0.373 e. The molecule has 11 nitrogen and oxygen atoms in total. The number of ether oxygens (including phenoxy) is 2. The van der Waals surface area contributed by atoms with Crippen LogP contribution >= 0.6 is 34.8 Å². The number of carbonyl (C=O) groups is 3. The average molecular weight is 581 g/mol. The van der Waals surface area contributed by atoms with Gasteiger partial charge in [-0.05, 0) is 42.0 Å². The van der Waals surface area contributed by atoms with Crippen molar-refractivity contribution in [3.05, 3.63) is 96.0 Å². The van der Waals surface area contributed by atoms with Crippen LogP contribution in [0.5, 0.6) is 5.75 Å². The number of methoxy groups -OCH3 is 1. The maximum Gasteiger partial charge on any atom is 0.373 e. The minimum Gasteiger partial charge on any atom is -0.482 e. The Balaban J connectivity index is 1.63. The highest BCUT2D eigenvalue weighted by Crippen LogP contribution is 2.37. The van der Waals surface area contributed by atoms with Crippen LogP contribution in [-0.2, 0) is 22.7 Å². The Morgan fingerprint density at radius 3 is 2.58 bits per heavy atom. The van der Waals surface area contributed by atoms with Crippen LogP contribution in [0.25, 0.3) is 6.08 Å². The standard InChI is InChI=1S/C24H16Cl3N3O8/c1-36-23(32)20-5-3-15(38-20)10-29-22(31)18(28-24(29)33)8-13-7-14(25)9-19(30(34)35)21(13)37-11-12-2-4-16(26)17(27)6-12/h2-9H,10-11H2,1H3,(H,28,33)/b18-8-. The number of nitro groups is 1. The predicted molar refractivity (Wildman–Crippen MR) is 136 cm³/mol. The zero-order valence-electron chi connectivity index (χ0n) is 19.3. The van der Waals surface area contributed by atoms with E-state index in [0.29, 0.717) is 10.6 Å². The molecule has 1 aromatic heterocycles. The zero-order chi connectivity index (χ0) is 27.6. The first-order chi connectivity index (χ1) is 18.1. The van der Waals surface area contributed by atoms with Gasteiger partial charge >= 0.3 is 17.7 Å². The summed E-state index contributed by atoms with van der Waals surface area (Å²) in [6, 6.07) is 9.18. The van der Waals surface area contributed by atoms with Gasteiger partial charge in [0.1, 0.15) is 18.1 Å². The number of nitrogens with one attached hydrogen (secondary N) is 1. The number of benzene rings is 2. The van der Waals surface area contributed by atoms with Crippen molar-refractivity contribution in [3.63, 3.8) is 0 Å². The van der Waals surface area contributed by atoms with Gasteiger partial charge in [-0.3, -0.25) is 19.8 Å². The Morgan fingerprint density at radius 2 is 1.89 bits per heavy atom. The van der Waals surface area contributed by atoms with Crippen molar-refractivity contribution in [1.82, 2.24) is 10.2 Å². The summed E-state index contributed by atoms with van der Waals surface area (Å²) in [5.74, 6) is -1.60. The van der Waals surface area contributed by atoms with Crippen molar-refractivity contribution in [3.8, 4) is 5.75 Å². The highest BCUT2D eigenvalue weighted by atomic mass is 35.5. The molecule has 4 rings (SSSR count). The van der Waals surface area contributed by atoms with E-state index in [1.54, 1.807) is 18.2 Å². The van der Waals surface area contributed by atoms with E-state index in [0.717, 1.165) is 11.0 Å². The zero-order valence-corrected chi connectivity index (χ0v) is 21.6. The molecule has 0 aliphatic carbocycles. The fourth-order valence-electron chi connectivity index (χ4n) is 3.48. The first-order valence-electron chi connectivity index (χ1n) is 10.6. The van der Waals surface area contributed by atoms with Crippen molar-refractivity contribution >= 4 is 64.5 Å². The van der Waals surface area contributed by atoms with Crippen LogP contribution in [-0.4, -0.2) is 34.8 Å². The summed E-state index contributed by atoms with van der Waals surface area (Å²) in [7, 11) is 1.18. The molecular formula is C24H16Cl3N3O8. The van der Waals surface area contributed by atoms with Crippen LogP contribution in [0.2, 0.25) is 15.1 Å². The predicted octanol–water partition coefficient (Wildman–Crippen LogP) is 5.61. The number of hydrogen-bond acceptors (Lipinski definition) is 8. The number of furan rings is 1. The summed E-state index contributed by atoms with van der Waals surface area (Å²) in [5.41, 5.74) is -0.00107. The number of esters is 1. The molecule has 0 atom stereocenters. The van der Waals surface area contributed by atoms with E-state index in [-0.39, 0.29) is 51.7 Å². The molecule has 0 unspecified atom stereocenters. The maximum atomic E-state index is 13.0. The fourth-order valence-corrected chi connectivity index (χ4v) is 4.03. The summed E-state index contributed by atoms with van der Waals surface area (Å²) in [6.07, 6.45) is 1.21. The molecule has 0 bridgehead atoms. The molecular weight excluding hydrogens is 565 g/mol. The summed E-state index contributed by atoms with van der Waals surface area (Å²) in [6.45, 7) is -0.404. The number of amides is 3. The lowest BCUT2D eigenvalue weighted by molar-refractivity contribution is -0.385. The molecule has 1 saturated heterocycles. The van der Waals surface area contributed by atoms with Gasteiger partial charge in [-0.1, -0.05) is 40.9 Å². The van der Waals surface area contributed by atoms with Crippen LogP contribution < -0.4 is 10.1 Å². The second kappa shape index (κ2) is 11.1. The minimum absolute atomic E-state index is 0.00462. The van der Waals surface area contributed by atoms with Crippen LogP contribution in [0.4, 0.5) is 10.5 Å². The van der Waals surface area contributed by atoms with Gasteiger partial charge in [0.2, 0.25) is 11.5 Å². The number of carbonyl (C=O) groups excluding carboxylic acids is 3. The molecule has 0 spiro atoms. The molecule has 196 valence electrons. The number of urea groups is 1. The minimum atomic E-state index is -0.771. The van der Waals surface area contributed by atoms with E-state index in [2.05, 4.69) is 10.1 Å². The normalized spacial score (nSPS) is 14.1. The summed E-state index contributed by atoms with van der Waals surface area (Å²) >= 11 is 18.1. The van der Waals surface area contributed by atoms with Crippen molar-refractivity contribution in [1.29, 1.82) is 0 Å². The van der Waals surface area contributed by atoms with Gasteiger partial charge in [0.15, 0.2) is 0 Å². The fraction of sp³-hybridized carbons (Fsp3) is 0.125. The molecule has 1 aliphatic heterocycles. The van der Waals surface area contributed by atoms with E-state index >= 15 is 0 Å². The Hall–Kier alpha value is -4.06. The monoisotopic (exact) mass is 579 g/mol. The van der Waals surface area contributed by atoms with Gasteiger partial charge in [-0.15, -0.1) is 0 Å². The number of halogens is 3. The van der Waals surface area contributed by atoms with E-state index in [9.17, 15) is 24.5 Å². The molecule has 3 amide bonds. The molecule has 2 heterocycles. The summed E-state index contributed by atoms with van der Waals surface area (Å²) in [4.78, 5) is 49.0. The highest BCUT2D eigenvalue weighted by molar-refractivity contribution is 6.42. The van der Waals surface area contributed by atoms with Crippen LogP contribution in [0.15, 0.2) is 52.6 Å². The van der Waals surface area contributed by atoms with Gasteiger partial charge in [0, 0.05) is 16.7 Å². The topological polar surface area (TPSA) is 141 Å². The van der Waals surface area contributed by atoms with Crippen molar-refractivity contribution in [2.45, 2.75) is 13.2 Å². The Bertz CT molecular complexity index is 1500. The lowest BCUT2D eigenvalue weighted by atomic mass is 10.1. The van der Waals surface area contributed by atoms with E-state index in [1.165, 1.54) is 31.4 Å². The lowest BCUT2D eigenvalue weighted by Crippen LogP contribution is -2.30. The number of hydrogen-bond donors (Lipinski definition) is 1. The summed E-state index contributed by atoms with van der Waals surface area (Å²) in [5, 5.41) is 14.8. The van der Waals surface area contributed by atoms with Crippen LogP contribution in [0.1, 0.15) is 27.4 Å². The Morgan fingerprint density at radius 1 is 1.13 bits per heavy atom. The largest absolute Gasteiger partial charge is 0.482 e. The van der Waals surface area contributed by atoms with Crippen molar-refractivity contribution < 1.29 is 33.2 Å². The molecule has 3 aromatic rings. The second-order valence-corrected chi connectivity index (χ2v) is 9.03. The third-order valence-electron chi connectivity index (χ3n) is 5.25.